The van der Waals surface area contributed by atoms with Crippen molar-refractivity contribution >= 4 is 17.3 Å². The highest BCUT2D eigenvalue weighted by molar-refractivity contribution is 5.96. The van der Waals surface area contributed by atoms with E-state index < -0.39 is 0 Å². The lowest BCUT2D eigenvalue weighted by atomic mass is 10.1. The van der Waals surface area contributed by atoms with Gasteiger partial charge in [-0.1, -0.05) is 0 Å². The quantitative estimate of drug-likeness (QED) is 0.577. The van der Waals surface area contributed by atoms with E-state index >= 15 is 0 Å². The van der Waals surface area contributed by atoms with Gasteiger partial charge in [0, 0.05) is 24.5 Å². The Morgan fingerprint density at radius 1 is 1.50 bits per heavy atom. The van der Waals surface area contributed by atoms with Crippen molar-refractivity contribution in [1.29, 1.82) is 5.41 Å². The fraction of sp³-hybridized carbons (Fsp3) is 0.300. The van der Waals surface area contributed by atoms with Gasteiger partial charge in [0.2, 0.25) is 0 Å². The van der Waals surface area contributed by atoms with Crippen LogP contribution in [-0.2, 0) is 0 Å². The summed E-state index contributed by atoms with van der Waals surface area (Å²) in [5.41, 5.74) is 8.62. The molecule has 0 aliphatic carbocycles. The van der Waals surface area contributed by atoms with Gasteiger partial charge >= 0.3 is 0 Å². The van der Waals surface area contributed by atoms with Gasteiger partial charge in [0.15, 0.2) is 5.96 Å². The van der Waals surface area contributed by atoms with E-state index in [2.05, 4.69) is 5.32 Å². The Bertz CT molecular complexity index is 372. The van der Waals surface area contributed by atoms with E-state index in [1.54, 1.807) is 0 Å². The molecule has 0 atom stereocenters. The lowest BCUT2D eigenvalue weighted by molar-refractivity contribution is 0.971. The Morgan fingerprint density at radius 2 is 2.29 bits per heavy atom. The van der Waals surface area contributed by atoms with Gasteiger partial charge in [0.1, 0.15) is 0 Å². The molecule has 1 saturated heterocycles. The summed E-state index contributed by atoms with van der Waals surface area (Å²) in [5.74, 6) is 0.470. The number of nitrogen functional groups attached to an aromatic ring is 1. The van der Waals surface area contributed by atoms with Crippen molar-refractivity contribution < 1.29 is 0 Å². The molecular weight excluding hydrogens is 176 g/mol. The van der Waals surface area contributed by atoms with Crippen LogP contribution in [0.1, 0.15) is 5.56 Å². The smallest absolute Gasteiger partial charge is 0.195 e. The van der Waals surface area contributed by atoms with Crippen molar-refractivity contribution in [2.45, 2.75) is 6.92 Å². The topological polar surface area (TPSA) is 65.1 Å². The second-order valence-electron chi connectivity index (χ2n) is 3.47. The number of guanidine groups is 1. The fourth-order valence-corrected chi connectivity index (χ4v) is 1.72. The van der Waals surface area contributed by atoms with Crippen LogP contribution in [0.4, 0.5) is 11.4 Å². The Labute approximate surface area is 83.2 Å². The largest absolute Gasteiger partial charge is 0.399 e. The van der Waals surface area contributed by atoms with E-state index in [0.717, 1.165) is 30.0 Å². The Balaban J connectivity index is 2.36. The number of nitrogens with one attached hydrogen (secondary N) is 2. The highest BCUT2D eigenvalue weighted by Crippen LogP contribution is 2.23. The van der Waals surface area contributed by atoms with Crippen molar-refractivity contribution in [2.75, 3.05) is 23.7 Å². The number of rotatable bonds is 1. The van der Waals surface area contributed by atoms with Crippen LogP contribution in [0.15, 0.2) is 18.2 Å². The number of hydrogen-bond acceptors (Lipinski definition) is 2. The molecule has 0 unspecified atom stereocenters. The van der Waals surface area contributed by atoms with Crippen LogP contribution in [0.5, 0.6) is 0 Å². The number of hydrogen-bond donors (Lipinski definition) is 3. The Kier molecular flexibility index (Phi) is 2.04. The zero-order chi connectivity index (χ0) is 10.1. The van der Waals surface area contributed by atoms with Crippen LogP contribution in [0.2, 0.25) is 0 Å². The zero-order valence-corrected chi connectivity index (χ0v) is 8.17. The minimum atomic E-state index is 0.470. The molecule has 2 rings (SSSR count). The van der Waals surface area contributed by atoms with Crippen molar-refractivity contribution in [1.82, 2.24) is 5.32 Å². The van der Waals surface area contributed by atoms with E-state index in [1.807, 2.05) is 30.0 Å². The molecule has 0 bridgehead atoms. The molecule has 4 nitrogen and oxygen atoms in total. The molecule has 74 valence electrons. The van der Waals surface area contributed by atoms with Gasteiger partial charge < -0.3 is 16.0 Å². The predicted molar refractivity (Wildman–Crippen MR) is 58.7 cm³/mol. The van der Waals surface area contributed by atoms with E-state index in [9.17, 15) is 0 Å². The van der Waals surface area contributed by atoms with Gasteiger partial charge in [-0.15, -0.1) is 0 Å². The normalized spacial score (nSPS) is 15.8. The number of anilines is 2. The van der Waals surface area contributed by atoms with Gasteiger partial charge in [-0.2, -0.15) is 0 Å². The summed E-state index contributed by atoms with van der Waals surface area (Å²) >= 11 is 0. The van der Waals surface area contributed by atoms with E-state index in [-0.39, 0.29) is 0 Å². The summed E-state index contributed by atoms with van der Waals surface area (Å²) < 4.78 is 0. The molecular formula is C10H14N4. The first kappa shape index (κ1) is 8.87. The minimum absolute atomic E-state index is 0.470. The summed E-state index contributed by atoms with van der Waals surface area (Å²) in [7, 11) is 0. The van der Waals surface area contributed by atoms with E-state index in [1.165, 1.54) is 0 Å². The average molecular weight is 190 g/mol. The van der Waals surface area contributed by atoms with Crippen molar-refractivity contribution in [3.63, 3.8) is 0 Å². The third kappa shape index (κ3) is 1.39. The molecule has 0 aromatic heterocycles. The molecule has 0 radical (unpaired) electrons. The third-order valence-corrected chi connectivity index (χ3v) is 2.41. The molecule has 1 aliphatic heterocycles. The van der Waals surface area contributed by atoms with Gasteiger partial charge in [0.25, 0.3) is 0 Å². The summed E-state index contributed by atoms with van der Waals surface area (Å²) in [6.45, 7) is 3.70. The summed E-state index contributed by atoms with van der Waals surface area (Å²) in [5, 5.41) is 10.7. The first-order chi connectivity index (χ1) is 6.68. The molecule has 1 aromatic carbocycles. The summed E-state index contributed by atoms with van der Waals surface area (Å²) in [6, 6.07) is 5.76. The molecule has 14 heavy (non-hydrogen) atoms. The summed E-state index contributed by atoms with van der Waals surface area (Å²) in [4.78, 5) is 1.95. The molecule has 4 heteroatoms. The van der Waals surface area contributed by atoms with Crippen LogP contribution < -0.4 is 16.0 Å². The molecule has 1 heterocycles. The lowest BCUT2D eigenvalue weighted by Crippen LogP contribution is -2.29. The SMILES string of the molecule is Cc1cc(N)ccc1N1CCNC1=N. The van der Waals surface area contributed by atoms with Crippen LogP contribution in [0.25, 0.3) is 0 Å². The number of aryl methyl sites for hydroxylation is 1. The first-order valence-corrected chi connectivity index (χ1v) is 4.64. The van der Waals surface area contributed by atoms with Crippen LogP contribution in [0.3, 0.4) is 0 Å². The fourth-order valence-electron chi connectivity index (χ4n) is 1.72. The van der Waals surface area contributed by atoms with E-state index in [0.29, 0.717) is 5.96 Å². The molecule has 0 saturated carbocycles. The number of nitrogens with two attached hydrogens (primary N) is 1. The lowest BCUT2D eigenvalue weighted by Gasteiger charge is -2.19. The number of benzene rings is 1. The van der Waals surface area contributed by atoms with Crippen molar-refractivity contribution in [2.24, 2.45) is 0 Å². The van der Waals surface area contributed by atoms with Crippen molar-refractivity contribution in [3.05, 3.63) is 23.8 Å². The molecule has 1 aliphatic rings. The highest BCUT2D eigenvalue weighted by Gasteiger charge is 2.18. The monoisotopic (exact) mass is 190 g/mol. The molecule has 4 N–H and O–H groups in total. The Morgan fingerprint density at radius 3 is 2.86 bits per heavy atom. The second-order valence-corrected chi connectivity index (χ2v) is 3.47. The van der Waals surface area contributed by atoms with E-state index in [4.69, 9.17) is 11.1 Å². The highest BCUT2D eigenvalue weighted by atomic mass is 15.3. The van der Waals surface area contributed by atoms with Gasteiger partial charge in [-0.25, -0.2) is 0 Å². The van der Waals surface area contributed by atoms with Crippen LogP contribution in [-0.4, -0.2) is 19.0 Å². The number of nitrogens with zero attached hydrogens (tertiary/aromatic N) is 1. The maximum absolute atomic E-state index is 7.68. The molecule has 0 amide bonds. The standard InChI is InChI=1S/C10H14N4/c1-7-6-8(11)2-3-9(7)14-5-4-13-10(14)12/h2-3,6H,4-5,11H2,1H3,(H2,12,13). The molecule has 1 fully saturated rings. The molecule has 1 aromatic rings. The third-order valence-electron chi connectivity index (χ3n) is 2.41. The van der Waals surface area contributed by atoms with Gasteiger partial charge in [0.05, 0.1) is 0 Å². The Hall–Kier alpha value is -1.71. The van der Waals surface area contributed by atoms with Crippen LogP contribution >= 0.6 is 0 Å². The van der Waals surface area contributed by atoms with Gasteiger partial charge in [-0.3, -0.25) is 5.41 Å². The first-order valence-electron chi connectivity index (χ1n) is 4.64. The average Bonchev–Trinajstić information content (AvgIpc) is 2.52. The predicted octanol–water partition coefficient (Wildman–Crippen LogP) is 0.922. The maximum Gasteiger partial charge on any atom is 0.195 e. The minimum Gasteiger partial charge on any atom is -0.399 e. The summed E-state index contributed by atoms with van der Waals surface area (Å²) in [6.07, 6.45) is 0. The molecule has 0 spiro atoms. The second kappa shape index (κ2) is 3.21. The van der Waals surface area contributed by atoms with Crippen LogP contribution in [0, 0.1) is 12.3 Å². The van der Waals surface area contributed by atoms with Crippen molar-refractivity contribution in [3.8, 4) is 0 Å². The zero-order valence-electron chi connectivity index (χ0n) is 8.17. The maximum atomic E-state index is 7.68. The van der Waals surface area contributed by atoms with Gasteiger partial charge in [-0.05, 0) is 30.7 Å².